The molecule has 4 heterocycles. The Kier molecular flexibility index (Phi) is 2.66. The molecular formula is C31H21N2+. The standard InChI is InChI=1S/C31H21N2/c1-18-27-26-11-3-2-6-19(26)14-20-12-13-23-15-21-7-4-8-22-16-24-9-5-10-25-17-32(18)31(29(21)22,33(24)25)30(23)28(20)27/h2-13,27H,1,14-16H2/q+1. The lowest BCUT2D eigenvalue weighted by Gasteiger charge is -2.46. The van der Waals surface area contributed by atoms with Crippen LogP contribution in [0.4, 0.5) is 0 Å². The highest BCUT2D eigenvalue weighted by molar-refractivity contribution is 5.76. The molecule has 0 radical (unpaired) electrons. The number of fused-ring (bicyclic) bond motifs is 2. The number of pyridine rings is 1. The Morgan fingerprint density at radius 3 is 2.39 bits per heavy atom. The van der Waals surface area contributed by atoms with Crippen molar-refractivity contribution in [3.05, 3.63) is 147 Å². The number of benzene rings is 3. The van der Waals surface area contributed by atoms with Crippen molar-refractivity contribution in [3.8, 4) is 0 Å². The van der Waals surface area contributed by atoms with Gasteiger partial charge in [-0.2, -0.15) is 0 Å². The summed E-state index contributed by atoms with van der Waals surface area (Å²) < 4.78 is 5.01. The summed E-state index contributed by atoms with van der Waals surface area (Å²) in [6, 6.07) is 27.4. The fraction of sp³-hybridized carbons (Fsp3) is 0.161. The minimum absolute atomic E-state index is 0.187. The third-order valence-corrected chi connectivity index (χ3v) is 8.71. The molecule has 2 atom stereocenters. The third kappa shape index (κ3) is 1.66. The Morgan fingerprint density at radius 1 is 0.727 bits per heavy atom. The van der Waals surface area contributed by atoms with E-state index in [2.05, 4.69) is 88.2 Å². The van der Waals surface area contributed by atoms with Crippen LogP contribution in [0.1, 0.15) is 67.4 Å². The number of aromatic nitrogens is 1. The van der Waals surface area contributed by atoms with Crippen LogP contribution >= 0.6 is 0 Å². The molecule has 0 saturated carbocycles. The molecule has 0 saturated heterocycles. The maximum Gasteiger partial charge on any atom is 0.395 e. The van der Waals surface area contributed by atoms with Gasteiger partial charge in [0.1, 0.15) is 11.1 Å². The minimum Gasteiger partial charge on any atom is -0.230 e. The number of hydrogen-bond donors (Lipinski definition) is 0. The fourth-order valence-electron chi connectivity index (χ4n) is 7.67. The predicted octanol–water partition coefficient (Wildman–Crippen LogP) is 4.42. The van der Waals surface area contributed by atoms with E-state index in [1.54, 1.807) is 0 Å². The summed E-state index contributed by atoms with van der Waals surface area (Å²) in [5.74, 6) is 0.187. The van der Waals surface area contributed by atoms with Crippen molar-refractivity contribution in [1.82, 2.24) is 0 Å². The molecule has 0 fully saturated rings. The highest BCUT2D eigenvalue weighted by Gasteiger charge is 2.68. The van der Waals surface area contributed by atoms with E-state index in [9.17, 15) is 0 Å². The Bertz CT molecular complexity index is 1660. The summed E-state index contributed by atoms with van der Waals surface area (Å²) in [7, 11) is 0. The average Bonchev–Trinajstić information content (AvgIpc) is 3.19. The zero-order chi connectivity index (χ0) is 21.5. The number of allylic oxidation sites excluding steroid dienone is 1. The molecule has 3 aromatic carbocycles. The van der Waals surface area contributed by atoms with Crippen LogP contribution in [0.5, 0.6) is 0 Å². The van der Waals surface area contributed by atoms with Gasteiger partial charge in [-0.1, -0.05) is 67.2 Å². The van der Waals surface area contributed by atoms with Crippen LogP contribution in [0.25, 0.3) is 0 Å². The largest absolute Gasteiger partial charge is 0.395 e. The average molecular weight is 422 g/mol. The van der Waals surface area contributed by atoms with Gasteiger partial charge in [-0.15, -0.1) is 10.6 Å². The highest BCUT2D eigenvalue weighted by atomic mass is 15.4. The van der Waals surface area contributed by atoms with Crippen LogP contribution in [0, 0.1) is 0 Å². The van der Waals surface area contributed by atoms with Crippen molar-refractivity contribution < 1.29 is 9.14 Å². The van der Waals surface area contributed by atoms with Gasteiger partial charge in [0.15, 0.2) is 17.6 Å². The van der Waals surface area contributed by atoms with Crippen molar-refractivity contribution in [3.63, 3.8) is 0 Å². The van der Waals surface area contributed by atoms with Crippen molar-refractivity contribution in [2.45, 2.75) is 30.8 Å². The van der Waals surface area contributed by atoms with Crippen molar-refractivity contribution in [2.24, 2.45) is 0 Å². The van der Waals surface area contributed by atoms with Gasteiger partial charge >= 0.3 is 5.66 Å². The van der Waals surface area contributed by atoms with Gasteiger partial charge in [0, 0.05) is 5.92 Å². The van der Waals surface area contributed by atoms with Crippen molar-refractivity contribution in [1.29, 1.82) is 0 Å². The quantitative estimate of drug-likeness (QED) is 0.293. The maximum absolute atomic E-state index is 4.78. The van der Waals surface area contributed by atoms with Gasteiger partial charge < -0.3 is 0 Å². The van der Waals surface area contributed by atoms with Gasteiger partial charge in [0.2, 0.25) is 0 Å². The fourth-order valence-corrected chi connectivity index (χ4v) is 7.67. The third-order valence-electron chi connectivity index (χ3n) is 8.71. The lowest BCUT2D eigenvalue weighted by atomic mass is 9.63. The smallest absolute Gasteiger partial charge is 0.230 e. The van der Waals surface area contributed by atoms with Gasteiger partial charge in [-0.25, -0.2) is 4.58 Å². The SMILES string of the molecule is C=C1C2c3ccccc3Cc3ccc4c(c32)C23c5c(cccc5Cc5cccc([n+]52)[C-]=[N+]13)C4. The second-order valence-electron chi connectivity index (χ2n) is 10.1. The normalized spacial score (nSPS) is 23.5. The molecule has 2 heteroatoms. The molecule has 5 aliphatic rings. The monoisotopic (exact) mass is 421 g/mol. The van der Waals surface area contributed by atoms with E-state index in [-0.39, 0.29) is 5.92 Å². The number of hydrogen-bond acceptors (Lipinski definition) is 0. The molecule has 9 rings (SSSR count). The lowest BCUT2D eigenvalue weighted by Crippen LogP contribution is -2.68. The first-order valence-electron chi connectivity index (χ1n) is 11.9. The van der Waals surface area contributed by atoms with E-state index >= 15 is 0 Å². The molecule has 3 aliphatic heterocycles. The molecule has 154 valence electrons. The molecule has 1 aromatic heterocycles. The number of nitrogens with zero attached hydrogens (tertiary/aromatic N) is 2. The summed E-state index contributed by atoms with van der Waals surface area (Å²) in [6.45, 7) is 4.78. The zero-order valence-corrected chi connectivity index (χ0v) is 18.2. The van der Waals surface area contributed by atoms with Crippen LogP contribution in [0.3, 0.4) is 0 Å². The van der Waals surface area contributed by atoms with E-state index in [4.69, 9.17) is 6.58 Å². The Morgan fingerprint density at radius 2 is 1.45 bits per heavy atom. The highest BCUT2D eigenvalue weighted by Crippen LogP contribution is 2.57. The lowest BCUT2D eigenvalue weighted by molar-refractivity contribution is -0.886. The van der Waals surface area contributed by atoms with Crippen LogP contribution in [0.2, 0.25) is 0 Å². The predicted molar refractivity (Wildman–Crippen MR) is 126 cm³/mol. The molecule has 2 unspecified atom stereocenters. The molecule has 0 N–H and O–H groups in total. The van der Waals surface area contributed by atoms with E-state index in [0.29, 0.717) is 0 Å². The van der Waals surface area contributed by atoms with Gasteiger partial charge in [-0.05, 0) is 57.9 Å². The van der Waals surface area contributed by atoms with Gasteiger partial charge in [0.25, 0.3) is 0 Å². The first-order valence-corrected chi connectivity index (χ1v) is 11.9. The first-order chi connectivity index (χ1) is 16.3. The second-order valence-corrected chi connectivity index (χ2v) is 10.1. The molecular weight excluding hydrogens is 400 g/mol. The van der Waals surface area contributed by atoms with Gasteiger partial charge in [0.05, 0.1) is 12.1 Å². The summed E-state index contributed by atoms with van der Waals surface area (Å²) in [6.07, 6.45) is 6.80. The van der Waals surface area contributed by atoms with E-state index in [1.807, 2.05) is 0 Å². The Labute approximate surface area is 192 Å². The molecule has 1 spiro atoms. The van der Waals surface area contributed by atoms with Crippen LogP contribution in [-0.2, 0) is 24.9 Å². The summed E-state index contributed by atoms with van der Waals surface area (Å²) in [5, 5.41) is 0. The van der Waals surface area contributed by atoms with E-state index in [1.165, 1.54) is 55.8 Å². The molecule has 0 bridgehead atoms. The second kappa shape index (κ2) is 5.23. The van der Waals surface area contributed by atoms with Gasteiger partial charge in [-0.3, -0.25) is 0 Å². The molecule has 0 amide bonds. The van der Waals surface area contributed by atoms with Crippen molar-refractivity contribution in [2.75, 3.05) is 0 Å². The van der Waals surface area contributed by atoms with Crippen LogP contribution in [0.15, 0.2) is 85.1 Å². The number of rotatable bonds is 0. The summed E-state index contributed by atoms with van der Waals surface area (Å²) in [4.78, 5) is 0. The topological polar surface area (TPSA) is 6.89 Å². The van der Waals surface area contributed by atoms with Crippen LogP contribution in [-0.4, -0.2) is 10.8 Å². The van der Waals surface area contributed by atoms with Crippen LogP contribution < -0.4 is 4.57 Å². The van der Waals surface area contributed by atoms with E-state index in [0.717, 1.165) is 30.7 Å². The maximum atomic E-state index is 4.78. The Balaban J connectivity index is 1.52. The molecule has 2 nitrogen and oxygen atoms in total. The Hall–Kier alpha value is -3.78. The first kappa shape index (κ1) is 16.8. The zero-order valence-electron chi connectivity index (χ0n) is 18.2. The molecule has 2 aliphatic carbocycles. The molecule has 4 aromatic rings. The molecule has 33 heavy (non-hydrogen) atoms. The summed E-state index contributed by atoms with van der Waals surface area (Å²) in [5.41, 5.74) is 16.4. The summed E-state index contributed by atoms with van der Waals surface area (Å²) >= 11 is 0. The van der Waals surface area contributed by atoms with Crippen molar-refractivity contribution >= 4 is 6.21 Å². The minimum atomic E-state index is -0.394. The van der Waals surface area contributed by atoms with E-state index < -0.39 is 5.66 Å².